The van der Waals surface area contributed by atoms with Gasteiger partial charge in [-0.05, 0) is 70.9 Å². The minimum absolute atomic E-state index is 0.0106. The summed E-state index contributed by atoms with van der Waals surface area (Å²) in [6, 6.07) is 17.6. The van der Waals surface area contributed by atoms with E-state index in [4.69, 9.17) is 20.8 Å². The molecular weight excluding hydrogens is 510 g/mol. The number of hydrogen-bond donors (Lipinski definition) is 1. The van der Waals surface area contributed by atoms with Crippen LogP contribution in [0.25, 0.3) is 0 Å². The van der Waals surface area contributed by atoms with Crippen molar-refractivity contribution in [2.45, 2.75) is 20.1 Å². The van der Waals surface area contributed by atoms with Crippen molar-refractivity contribution in [3.05, 3.63) is 99.0 Å². The van der Waals surface area contributed by atoms with Crippen molar-refractivity contribution in [2.75, 3.05) is 5.32 Å². The monoisotopic (exact) mass is 527 g/mol. The van der Waals surface area contributed by atoms with Gasteiger partial charge >= 0.3 is 0 Å². The van der Waals surface area contributed by atoms with Crippen LogP contribution in [0.4, 0.5) is 5.82 Å². The SMILES string of the molecule is CC(=O)c1ccc(OCc2ccc(C(=O)Nc3nn(Cc4ccccc4Cl)cc3Br)o2)cc1. The molecule has 4 rings (SSSR count). The molecule has 0 radical (unpaired) electrons. The van der Waals surface area contributed by atoms with Crippen LogP contribution in [-0.4, -0.2) is 21.5 Å². The van der Waals surface area contributed by atoms with E-state index in [1.807, 2.05) is 24.3 Å². The van der Waals surface area contributed by atoms with Crippen molar-refractivity contribution < 1.29 is 18.7 Å². The molecule has 2 aromatic carbocycles. The molecule has 33 heavy (non-hydrogen) atoms. The lowest BCUT2D eigenvalue weighted by atomic mass is 10.1. The Hall–Kier alpha value is -3.36. The Morgan fingerprint density at radius 2 is 1.88 bits per heavy atom. The third-order valence-corrected chi connectivity index (χ3v) is 5.72. The van der Waals surface area contributed by atoms with Gasteiger partial charge in [-0.3, -0.25) is 14.3 Å². The number of nitrogens with zero attached hydrogens (tertiary/aromatic N) is 2. The van der Waals surface area contributed by atoms with Crippen LogP contribution < -0.4 is 10.1 Å². The van der Waals surface area contributed by atoms with E-state index in [1.54, 1.807) is 47.3 Å². The maximum atomic E-state index is 12.6. The van der Waals surface area contributed by atoms with E-state index >= 15 is 0 Å². The highest BCUT2D eigenvalue weighted by molar-refractivity contribution is 9.10. The van der Waals surface area contributed by atoms with Crippen LogP contribution in [0.3, 0.4) is 0 Å². The summed E-state index contributed by atoms with van der Waals surface area (Å²) in [5, 5.41) is 7.78. The molecule has 0 aliphatic heterocycles. The quantitative estimate of drug-likeness (QED) is 0.285. The number of anilines is 1. The Labute approximate surface area is 203 Å². The molecule has 2 heterocycles. The molecule has 4 aromatic rings. The zero-order chi connectivity index (χ0) is 23.4. The van der Waals surface area contributed by atoms with Crippen LogP contribution >= 0.6 is 27.5 Å². The number of furan rings is 1. The number of benzene rings is 2. The number of nitrogens with one attached hydrogen (secondary N) is 1. The van der Waals surface area contributed by atoms with Gasteiger partial charge in [-0.15, -0.1) is 0 Å². The zero-order valence-electron chi connectivity index (χ0n) is 17.5. The first-order valence-corrected chi connectivity index (χ1v) is 11.2. The van der Waals surface area contributed by atoms with Gasteiger partial charge in [0.15, 0.2) is 17.4 Å². The molecule has 0 bridgehead atoms. The Balaban J connectivity index is 1.36. The van der Waals surface area contributed by atoms with E-state index in [-0.39, 0.29) is 18.2 Å². The lowest BCUT2D eigenvalue weighted by molar-refractivity contribution is 0.0990. The van der Waals surface area contributed by atoms with Gasteiger partial charge in [-0.2, -0.15) is 5.10 Å². The molecule has 1 N–H and O–H groups in total. The maximum absolute atomic E-state index is 12.6. The smallest absolute Gasteiger partial charge is 0.292 e. The molecule has 168 valence electrons. The second-order valence-corrected chi connectivity index (χ2v) is 8.47. The number of ether oxygens (including phenoxy) is 1. The number of hydrogen-bond acceptors (Lipinski definition) is 5. The molecular formula is C24H19BrClN3O4. The van der Waals surface area contributed by atoms with Gasteiger partial charge in [0.1, 0.15) is 18.1 Å². The number of halogens is 2. The second kappa shape index (κ2) is 10.1. The fraction of sp³-hybridized carbons (Fsp3) is 0.125. The van der Waals surface area contributed by atoms with Gasteiger partial charge in [-0.25, -0.2) is 0 Å². The van der Waals surface area contributed by atoms with E-state index < -0.39 is 5.91 Å². The van der Waals surface area contributed by atoms with Crippen LogP contribution in [0.1, 0.15) is 39.2 Å². The number of carbonyl (C=O) groups excluding carboxylic acids is 2. The Bertz CT molecular complexity index is 1300. The molecule has 0 saturated heterocycles. The summed E-state index contributed by atoms with van der Waals surface area (Å²) in [4.78, 5) is 24.0. The first-order valence-electron chi connectivity index (χ1n) is 9.99. The summed E-state index contributed by atoms with van der Waals surface area (Å²) in [5.74, 6) is 1.13. The summed E-state index contributed by atoms with van der Waals surface area (Å²) < 4.78 is 13.6. The van der Waals surface area contributed by atoms with Gasteiger partial charge in [0, 0.05) is 16.8 Å². The molecule has 0 spiro atoms. The largest absolute Gasteiger partial charge is 0.486 e. The second-order valence-electron chi connectivity index (χ2n) is 7.20. The highest BCUT2D eigenvalue weighted by Crippen LogP contribution is 2.24. The summed E-state index contributed by atoms with van der Waals surface area (Å²) in [5.41, 5.74) is 1.53. The summed E-state index contributed by atoms with van der Waals surface area (Å²) in [7, 11) is 0. The van der Waals surface area contributed by atoms with E-state index in [1.165, 1.54) is 6.92 Å². The molecule has 0 unspecified atom stereocenters. The number of amides is 1. The van der Waals surface area contributed by atoms with Crippen molar-refractivity contribution in [2.24, 2.45) is 0 Å². The Morgan fingerprint density at radius 1 is 1.12 bits per heavy atom. The predicted molar refractivity (Wildman–Crippen MR) is 128 cm³/mol. The van der Waals surface area contributed by atoms with E-state index in [9.17, 15) is 9.59 Å². The molecule has 0 aliphatic carbocycles. The summed E-state index contributed by atoms with van der Waals surface area (Å²) in [6.45, 7) is 2.11. The molecule has 0 fully saturated rings. The average Bonchev–Trinajstić information content (AvgIpc) is 3.41. The Morgan fingerprint density at radius 3 is 2.61 bits per heavy atom. The first-order chi connectivity index (χ1) is 15.9. The lowest BCUT2D eigenvalue weighted by Crippen LogP contribution is -2.12. The van der Waals surface area contributed by atoms with Crippen molar-refractivity contribution in [1.29, 1.82) is 0 Å². The normalized spacial score (nSPS) is 10.8. The van der Waals surface area contributed by atoms with Gasteiger partial charge in [-0.1, -0.05) is 29.8 Å². The van der Waals surface area contributed by atoms with Crippen LogP contribution in [-0.2, 0) is 13.2 Å². The van der Waals surface area contributed by atoms with E-state index in [2.05, 4.69) is 26.3 Å². The first kappa shape index (κ1) is 22.8. The summed E-state index contributed by atoms with van der Waals surface area (Å²) >= 11 is 9.63. The summed E-state index contributed by atoms with van der Waals surface area (Å²) in [6.07, 6.45) is 1.76. The van der Waals surface area contributed by atoms with Crippen molar-refractivity contribution in [1.82, 2.24) is 9.78 Å². The Kier molecular flexibility index (Phi) is 6.96. The third-order valence-electron chi connectivity index (χ3n) is 4.77. The molecule has 9 heteroatoms. The molecule has 7 nitrogen and oxygen atoms in total. The van der Waals surface area contributed by atoms with Gasteiger partial charge < -0.3 is 14.5 Å². The minimum Gasteiger partial charge on any atom is -0.486 e. The highest BCUT2D eigenvalue weighted by atomic mass is 79.9. The predicted octanol–water partition coefficient (Wildman–Crippen LogP) is 5.97. The third kappa shape index (κ3) is 5.71. The molecule has 0 saturated carbocycles. The molecule has 0 atom stereocenters. The van der Waals surface area contributed by atoms with Crippen LogP contribution in [0.15, 0.2) is 75.8 Å². The zero-order valence-corrected chi connectivity index (χ0v) is 19.9. The van der Waals surface area contributed by atoms with Gasteiger partial charge in [0.2, 0.25) is 0 Å². The number of ketones is 1. The molecule has 1 amide bonds. The van der Waals surface area contributed by atoms with Gasteiger partial charge in [0.25, 0.3) is 5.91 Å². The van der Waals surface area contributed by atoms with Crippen molar-refractivity contribution in [3.8, 4) is 5.75 Å². The van der Waals surface area contributed by atoms with Crippen molar-refractivity contribution >= 4 is 45.0 Å². The average molecular weight is 529 g/mol. The standard InChI is InChI=1S/C24H19BrClN3O4/c1-15(30)16-6-8-18(9-7-16)32-14-19-10-11-22(33-19)24(31)27-23-20(25)13-29(28-23)12-17-4-2-3-5-21(17)26/h2-11,13H,12,14H2,1H3,(H,27,28,31). The van der Waals surface area contributed by atoms with Crippen LogP contribution in [0, 0.1) is 0 Å². The molecule has 2 aromatic heterocycles. The fourth-order valence-corrected chi connectivity index (χ4v) is 3.66. The topological polar surface area (TPSA) is 86.4 Å². The van der Waals surface area contributed by atoms with Crippen LogP contribution in [0.2, 0.25) is 5.02 Å². The maximum Gasteiger partial charge on any atom is 0.292 e. The highest BCUT2D eigenvalue weighted by Gasteiger charge is 2.16. The van der Waals surface area contributed by atoms with Crippen molar-refractivity contribution in [3.63, 3.8) is 0 Å². The van der Waals surface area contributed by atoms with Gasteiger partial charge in [0.05, 0.1) is 11.0 Å². The van der Waals surface area contributed by atoms with E-state index in [0.717, 1.165) is 5.56 Å². The lowest BCUT2D eigenvalue weighted by Gasteiger charge is -2.05. The van der Waals surface area contributed by atoms with Crippen LogP contribution in [0.5, 0.6) is 5.75 Å². The molecule has 0 aliphatic rings. The minimum atomic E-state index is -0.434. The fourth-order valence-electron chi connectivity index (χ4n) is 3.05. The van der Waals surface area contributed by atoms with E-state index in [0.29, 0.717) is 38.9 Å². The number of carbonyl (C=O) groups is 2. The number of rotatable bonds is 8. The number of Topliss-reactive ketones (excluding diaryl/α,β-unsaturated/α-hetero) is 1. The number of aromatic nitrogens is 2.